The number of hydrogen-bond acceptors (Lipinski definition) is 2. The Balaban J connectivity index is 1.92. The Morgan fingerprint density at radius 3 is 1.93 bits per heavy atom. The first-order chi connectivity index (χ1) is 13.3. The number of halogens is 1. The molecule has 0 heterocycles. The predicted molar refractivity (Wildman–Crippen MR) is 130 cm³/mol. The summed E-state index contributed by atoms with van der Waals surface area (Å²) in [5.74, 6) is 0. The lowest BCUT2D eigenvalue weighted by Gasteiger charge is -2.14. The van der Waals surface area contributed by atoms with Crippen molar-refractivity contribution in [2.75, 3.05) is 10.6 Å². The van der Waals surface area contributed by atoms with Gasteiger partial charge in [-0.05, 0) is 79.2 Å². The fourth-order valence-corrected chi connectivity index (χ4v) is 3.23. The van der Waals surface area contributed by atoms with Crippen molar-refractivity contribution in [3.05, 3.63) is 77.5 Å². The SMILES string of the molecule is C=C(C)NC(=S)Nc1ccc(NC(=S)NC(=C)c2ccc(CC)c(Cl)c2)cc1. The van der Waals surface area contributed by atoms with Gasteiger partial charge in [-0.15, -0.1) is 0 Å². The standard InChI is InChI=1S/C21H23ClN4S2/c1-5-15-6-7-16(12-19(15)22)14(4)24-21(28)26-18-10-8-17(9-11-18)25-20(27)23-13(2)3/h6-12H,2,4-5H2,1,3H3,(H2,23,25,27)(H2,24,26,28). The predicted octanol–water partition coefficient (Wildman–Crippen LogP) is 5.68. The monoisotopic (exact) mass is 430 g/mol. The van der Waals surface area contributed by atoms with Crippen molar-refractivity contribution in [2.45, 2.75) is 20.3 Å². The maximum atomic E-state index is 6.28. The van der Waals surface area contributed by atoms with Crippen molar-refractivity contribution < 1.29 is 0 Å². The van der Waals surface area contributed by atoms with Gasteiger partial charge >= 0.3 is 0 Å². The molecule has 0 fully saturated rings. The second kappa shape index (κ2) is 10.2. The third-order valence-corrected chi connectivity index (χ3v) is 4.53. The van der Waals surface area contributed by atoms with E-state index in [4.69, 9.17) is 36.0 Å². The average molecular weight is 431 g/mol. The molecule has 0 saturated carbocycles. The molecule has 2 rings (SSSR count). The Bertz CT molecular complexity index is 907. The van der Waals surface area contributed by atoms with Crippen molar-refractivity contribution in [3.63, 3.8) is 0 Å². The van der Waals surface area contributed by atoms with Crippen LogP contribution in [0, 0.1) is 0 Å². The molecule has 4 nitrogen and oxygen atoms in total. The van der Waals surface area contributed by atoms with E-state index >= 15 is 0 Å². The van der Waals surface area contributed by atoms with Crippen LogP contribution in [0.2, 0.25) is 5.02 Å². The summed E-state index contributed by atoms with van der Waals surface area (Å²) < 4.78 is 0. The molecule has 0 amide bonds. The third-order valence-electron chi connectivity index (χ3n) is 3.77. The maximum absolute atomic E-state index is 6.28. The minimum Gasteiger partial charge on any atom is -0.337 e. The molecular weight excluding hydrogens is 408 g/mol. The minimum atomic E-state index is 0.445. The summed E-state index contributed by atoms with van der Waals surface area (Å²) in [4.78, 5) is 0. The molecule has 7 heteroatoms. The minimum absolute atomic E-state index is 0.445. The summed E-state index contributed by atoms with van der Waals surface area (Å²) in [6, 6.07) is 13.5. The van der Waals surface area contributed by atoms with E-state index < -0.39 is 0 Å². The summed E-state index contributed by atoms with van der Waals surface area (Å²) in [6.45, 7) is 11.7. The summed E-state index contributed by atoms with van der Waals surface area (Å²) >= 11 is 16.8. The van der Waals surface area contributed by atoms with Crippen LogP contribution in [-0.2, 0) is 6.42 Å². The molecule has 0 aliphatic heterocycles. The highest BCUT2D eigenvalue weighted by Gasteiger charge is 2.06. The highest BCUT2D eigenvalue weighted by Crippen LogP contribution is 2.21. The molecule has 0 unspecified atom stereocenters. The zero-order chi connectivity index (χ0) is 20.7. The topological polar surface area (TPSA) is 48.1 Å². The first-order valence-corrected chi connectivity index (χ1v) is 9.87. The summed E-state index contributed by atoms with van der Waals surface area (Å²) in [7, 11) is 0. The van der Waals surface area contributed by atoms with E-state index in [-0.39, 0.29) is 0 Å². The fraction of sp³-hybridized carbons (Fsp3) is 0.143. The first kappa shape index (κ1) is 21.9. The van der Waals surface area contributed by atoms with Gasteiger partial charge in [-0.3, -0.25) is 0 Å². The van der Waals surface area contributed by atoms with Crippen LogP contribution in [0.15, 0.2) is 61.3 Å². The maximum Gasteiger partial charge on any atom is 0.175 e. The molecule has 0 aliphatic carbocycles. The molecule has 146 valence electrons. The lowest BCUT2D eigenvalue weighted by Crippen LogP contribution is -2.27. The summed E-state index contributed by atoms with van der Waals surface area (Å²) in [6.07, 6.45) is 0.887. The van der Waals surface area contributed by atoms with Crippen LogP contribution in [0.3, 0.4) is 0 Å². The van der Waals surface area contributed by atoms with E-state index in [0.29, 0.717) is 15.9 Å². The second-order valence-corrected chi connectivity index (χ2v) is 7.38. The van der Waals surface area contributed by atoms with Gasteiger partial charge in [0.05, 0.1) is 0 Å². The number of anilines is 2. The molecule has 28 heavy (non-hydrogen) atoms. The van der Waals surface area contributed by atoms with Crippen LogP contribution < -0.4 is 21.3 Å². The highest BCUT2D eigenvalue weighted by molar-refractivity contribution is 7.80. The van der Waals surface area contributed by atoms with Crippen LogP contribution in [-0.4, -0.2) is 10.2 Å². The lowest BCUT2D eigenvalue weighted by molar-refractivity contribution is 1.14. The van der Waals surface area contributed by atoms with E-state index in [0.717, 1.165) is 39.6 Å². The molecule has 0 radical (unpaired) electrons. The smallest absolute Gasteiger partial charge is 0.175 e. The molecule has 2 aromatic rings. The number of benzene rings is 2. The zero-order valence-electron chi connectivity index (χ0n) is 15.9. The number of aryl methyl sites for hydroxylation is 1. The van der Waals surface area contributed by atoms with Gasteiger partial charge in [-0.25, -0.2) is 0 Å². The van der Waals surface area contributed by atoms with Gasteiger partial charge in [0, 0.05) is 27.8 Å². The van der Waals surface area contributed by atoms with Crippen LogP contribution in [0.5, 0.6) is 0 Å². The number of thiocarbonyl (C=S) groups is 2. The van der Waals surface area contributed by atoms with Crippen LogP contribution >= 0.6 is 36.0 Å². The Morgan fingerprint density at radius 1 is 0.929 bits per heavy atom. The highest BCUT2D eigenvalue weighted by atomic mass is 35.5. The van der Waals surface area contributed by atoms with Crippen molar-refractivity contribution in [1.29, 1.82) is 0 Å². The van der Waals surface area contributed by atoms with Crippen molar-refractivity contribution in [1.82, 2.24) is 10.6 Å². The average Bonchev–Trinajstić information content (AvgIpc) is 2.62. The third kappa shape index (κ3) is 6.64. The van der Waals surface area contributed by atoms with E-state index in [1.807, 2.05) is 49.4 Å². The first-order valence-electron chi connectivity index (χ1n) is 8.67. The van der Waals surface area contributed by atoms with Gasteiger partial charge in [0.1, 0.15) is 0 Å². The molecule has 0 aromatic heterocycles. The Labute approximate surface area is 182 Å². The number of rotatable bonds is 6. The van der Waals surface area contributed by atoms with Crippen molar-refractivity contribution >= 4 is 63.3 Å². The largest absolute Gasteiger partial charge is 0.337 e. The van der Waals surface area contributed by atoms with Crippen LogP contribution in [0.25, 0.3) is 5.70 Å². The number of hydrogen-bond donors (Lipinski definition) is 4. The zero-order valence-corrected chi connectivity index (χ0v) is 18.2. The van der Waals surface area contributed by atoms with Gasteiger partial charge in [-0.1, -0.05) is 43.8 Å². The molecule has 0 bridgehead atoms. The molecule has 0 atom stereocenters. The Hall–Kier alpha value is -2.41. The van der Waals surface area contributed by atoms with Gasteiger partial charge in [0.2, 0.25) is 0 Å². The molecule has 0 spiro atoms. The second-order valence-electron chi connectivity index (χ2n) is 6.15. The normalized spacial score (nSPS) is 9.96. The van der Waals surface area contributed by atoms with E-state index in [1.165, 1.54) is 0 Å². The number of nitrogens with one attached hydrogen (secondary N) is 4. The molecule has 2 aromatic carbocycles. The summed E-state index contributed by atoms with van der Waals surface area (Å²) in [5.41, 5.74) is 5.15. The molecule has 0 saturated heterocycles. The molecule has 4 N–H and O–H groups in total. The fourth-order valence-electron chi connectivity index (χ4n) is 2.39. The summed E-state index contributed by atoms with van der Waals surface area (Å²) in [5, 5.41) is 13.9. The van der Waals surface area contributed by atoms with E-state index in [9.17, 15) is 0 Å². The van der Waals surface area contributed by atoms with Crippen molar-refractivity contribution in [2.24, 2.45) is 0 Å². The number of allylic oxidation sites excluding steroid dienone is 1. The molecular formula is C21H23ClN4S2. The van der Waals surface area contributed by atoms with Crippen LogP contribution in [0.4, 0.5) is 11.4 Å². The van der Waals surface area contributed by atoms with Gasteiger partial charge in [0.25, 0.3) is 0 Å². The lowest BCUT2D eigenvalue weighted by atomic mass is 10.1. The van der Waals surface area contributed by atoms with Gasteiger partial charge in [0.15, 0.2) is 10.2 Å². The Kier molecular flexibility index (Phi) is 7.99. The van der Waals surface area contributed by atoms with Gasteiger partial charge in [-0.2, -0.15) is 0 Å². The van der Waals surface area contributed by atoms with Gasteiger partial charge < -0.3 is 21.3 Å². The Morgan fingerprint density at radius 2 is 1.46 bits per heavy atom. The molecule has 0 aliphatic rings. The van der Waals surface area contributed by atoms with Crippen molar-refractivity contribution in [3.8, 4) is 0 Å². The van der Waals surface area contributed by atoms with E-state index in [1.54, 1.807) is 0 Å². The van der Waals surface area contributed by atoms with E-state index in [2.05, 4.69) is 41.3 Å². The van der Waals surface area contributed by atoms with Crippen LogP contribution in [0.1, 0.15) is 25.0 Å². The quantitative estimate of drug-likeness (QED) is 0.442.